The molecule has 0 unspecified atom stereocenters. The molecule has 0 saturated heterocycles. The van der Waals surface area contributed by atoms with Crippen molar-refractivity contribution < 1.29 is 9.18 Å². The molecule has 1 aliphatic heterocycles. The van der Waals surface area contributed by atoms with Crippen LogP contribution in [-0.4, -0.2) is 41.9 Å². The van der Waals surface area contributed by atoms with E-state index in [0.717, 1.165) is 56.2 Å². The summed E-state index contributed by atoms with van der Waals surface area (Å²) in [6, 6.07) is 26.0. The van der Waals surface area contributed by atoms with Crippen molar-refractivity contribution in [2.45, 2.75) is 56.0 Å². The fourth-order valence-electron chi connectivity index (χ4n) is 7.41. The molecule has 3 nitrogen and oxygen atoms in total. The molecule has 1 amide bonds. The lowest BCUT2D eigenvalue weighted by Crippen LogP contribution is -2.60. The second-order valence-corrected chi connectivity index (χ2v) is 11.2. The van der Waals surface area contributed by atoms with Gasteiger partial charge in [0.15, 0.2) is 0 Å². The first-order valence-electron chi connectivity index (χ1n) is 13.5. The van der Waals surface area contributed by atoms with Gasteiger partial charge in [-0.15, -0.1) is 0 Å². The van der Waals surface area contributed by atoms with Gasteiger partial charge < -0.3 is 4.90 Å². The summed E-state index contributed by atoms with van der Waals surface area (Å²) in [6.07, 6.45) is 5.80. The summed E-state index contributed by atoms with van der Waals surface area (Å²) in [5.41, 5.74) is 7.25. The highest BCUT2D eigenvalue weighted by Gasteiger charge is 2.53. The van der Waals surface area contributed by atoms with Gasteiger partial charge in [0, 0.05) is 12.1 Å². The molecular weight excluding hydrogens is 459 g/mol. The van der Waals surface area contributed by atoms with Crippen LogP contribution < -0.4 is 0 Å². The third-order valence-electron chi connectivity index (χ3n) is 9.36. The average Bonchev–Trinajstić information content (AvgIpc) is 3.30. The lowest BCUT2D eigenvalue weighted by atomic mass is 9.63. The molecular formula is C33H35FN2O. The lowest BCUT2D eigenvalue weighted by molar-refractivity contribution is -0.138. The monoisotopic (exact) mass is 494 g/mol. The highest BCUT2D eigenvalue weighted by atomic mass is 19.1. The number of nitrogens with zero attached hydrogens (tertiary/aromatic N) is 2. The normalized spacial score (nSPS) is 24.9. The molecule has 1 fully saturated rings. The number of rotatable bonds is 4. The molecule has 37 heavy (non-hydrogen) atoms. The number of fused-ring (bicyclic) bond motifs is 3. The number of amides is 1. The lowest BCUT2D eigenvalue weighted by Gasteiger charge is -2.56. The van der Waals surface area contributed by atoms with Crippen LogP contribution in [0.25, 0.3) is 5.57 Å². The van der Waals surface area contributed by atoms with Gasteiger partial charge in [-0.05, 0) is 98.2 Å². The Labute approximate surface area is 219 Å². The molecule has 3 aromatic rings. The van der Waals surface area contributed by atoms with E-state index in [9.17, 15) is 9.18 Å². The van der Waals surface area contributed by atoms with Crippen LogP contribution in [0.3, 0.4) is 0 Å². The van der Waals surface area contributed by atoms with Crippen molar-refractivity contribution in [1.29, 1.82) is 0 Å². The van der Waals surface area contributed by atoms with E-state index in [1.54, 1.807) is 6.07 Å². The fraction of sp³-hybridized carbons (Fsp3) is 0.364. The first kappa shape index (κ1) is 24.1. The van der Waals surface area contributed by atoms with Gasteiger partial charge >= 0.3 is 0 Å². The molecule has 0 bridgehead atoms. The van der Waals surface area contributed by atoms with Crippen LogP contribution in [0.15, 0.2) is 84.4 Å². The fourth-order valence-corrected chi connectivity index (χ4v) is 7.41. The van der Waals surface area contributed by atoms with Crippen LogP contribution >= 0.6 is 0 Å². The summed E-state index contributed by atoms with van der Waals surface area (Å²) in [6.45, 7) is 0.758. The SMILES string of the molecule is CN(C)C1(c2cccc(F)c2)CCC2(CC1)C1=C(CCN2C(=O)Cc2ccccc2)c2ccccc2C1. The maximum Gasteiger partial charge on any atom is 0.227 e. The highest BCUT2D eigenvalue weighted by molar-refractivity contribution is 5.85. The second-order valence-electron chi connectivity index (χ2n) is 11.2. The van der Waals surface area contributed by atoms with E-state index in [0.29, 0.717) is 6.42 Å². The molecule has 0 N–H and O–H groups in total. The largest absolute Gasteiger partial charge is 0.333 e. The Morgan fingerprint density at radius 2 is 1.65 bits per heavy atom. The van der Waals surface area contributed by atoms with Crippen LogP contribution in [0.2, 0.25) is 0 Å². The van der Waals surface area contributed by atoms with Gasteiger partial charge in [0.25, 0.3) is 0 Å². The number of carbonyl (C=O) groups is 1. The van der Waals surface area contributed by atoms with Crippen LogP contribution in [-0.2, 0) is 23.2 Å². The first-order chi connectivity index (χ1) is 17.9. The molecule has 6 rings (SSSR count). The summed E-state index contributed by atoms with van der Waals surface area (Å²) in [4.78, 5) is 18.5. The van der Waals surface area contributed by atoms with E-state index < -0.39 is 0 Å². The minimum Gasteiger partial charge on any atom is -0.333 e. The van der Waals surface area contributed by atoms with E-state index in [1.165, 1.54) is 28.3 Å². The Bertz CT molecular complexity index is 1350. The van der Waals surface area contributed by atoms with Gasteiger partial charge in [-0.1, -0.05) is 66.7 Å². The van der Waals surface area contributed by atoms with Crippen molar-refractivity contribution in [2.75, 3.05) is 20.6 Å². The second kappa shape index (κ2) is 9.25. The molecule has 4 heteroatoms. The molecule has 190 valence electrons. The molecule has 0 atom stereocenters. The van der Waals surface area contributed by atoms with E-state index in [1.807, 2.05) is 36.4 Å². The number of hydrogen-bond acceptors (Lipinski definition) is 2. The number of carbonyl (C=O) groups excluding carboxylic acids is 1. The number of hydrogen-bond donors (Lipinski definition) is 0. The average molecular weight is 495 g/mol. The maximum absolute atomic E-state index is 14.3. The summed E-state index contributed by atoms with van der Waals surface area (Å²) in [5.74, 6) is 0.0318. The Kier molecular flexibility index (Phi) is 6.03. The molecule has 1 heterocycles. The van der Waals surface area contributed by atoms with Gasteiger partial charge in [-0.3, -0.25) is 9.69 Å². The van der Waals surface area contributed by atoms with Crippen LogP contribution in [0, 0.1) is 5.82 Å². The van der Waals surface area contributed by atoms with Crippen molar-refractivity contribution >= 4 is 11.5 Å². The molecule has 2 aliphatic carbocycles. The topological polar surface area (TPSA) is 23.6 Å². The summed E-state index contributed by atoms with van der Waals surface area (Å²) in [5, 5.41) is 0. The van der Waals surface area contributed by atoms with Crippen LogP contribution in [0.1, 0.15) is 54.4 Å². The predicted molar refractivity (Wildman–Crippen MR) is 147 cm³/mol. The minimum absolute atomic E-state index is 0.187. The van der Waals surface area contributed by atoms with Gasteiger partial charge in [0.1, 0.15) is 5.82 Å². The summed E-state index contributed by atoms with van der Waals surface area (Å²) in [7, 11) is 4.22. The van der Waals surface area contributed by atoms with Crippen molar-refractivity contribution in [2.24, 2.45) is 0 Å². The van der Waals surface area contributed by atoms with Crippen molar-refractivity contribution in [3.63, 3.8) is 0 Å². The Morgan fingerprint density at radius 3 is 2.38 bits per heavy atom. The molecule has 3 aliphatic rings. The summed E-state index contributed by atoms with van der Waals surface area (Å²) >= 11 is 0. The Morgan fingerprint density at radius 1 is 0.919 bits per heavy atom. The molecule has 1 saturated carbocycles. The van der Waals surface area contributed by atoms with Gasteiger partial charge in [-0.25, -0.2) is 4.39 Å². The zero-order chi connectivity index (χ0) is 25.6. The van der Waals surface area contributed by atoms with Crippen molar-refractivity contribution in [3.8, 4) is 0 Å². The predicted octanol–water partition coefficient (Wildman–Crippen LogP) is 6.38. The summed E-state index contributed by atoms with van der Waals surface area (Å²) < 4.78 is 14.3. The zero-order valence-electron chi connectivity index (χ0n) is 21.8. The Balaban J connectivity index is 1.39. The quantitative estimate of drug-likeness (QED) is 0.420. The molecule has 0 aromatic heterocycles. The van der Waals surface area contributed by atoms with E-state index in [2.05, 4.69) is 54.2 Å². The highest BCUT2D eigenvalue weighted by Crippen LogP contribution is 2.55. The van der Waals surface area contributed by atoms with Crippen molar-refractivity contribution in [3.05, 3.63) is 113 Å². The van der Waals surface area contributed by atoms with E-state index in [4.69, 9.17) is 0 Å². The van der Waals surface area contributed by atoms with Crippen LogP contribution in [0.4, 0.5) is 4.39 Å². The van der Waals surface area contributed by atoms with Gasteiger partial charge in [-0.2, -0.15) is 0 Å². The van der Waals surface area contributed by atoms with E-state index >= 15 is 0 Å². The molecule has 3 aromatic carbocycles. The molecule has 0 radical (unpaired) electrons. The van der Waals surface area contributed by atoms with Gasteiger partial charge in [0.05, 0.1) is 12.0 Å². The standard InChI is InChI=1S/C33H35FN2O/c1-35(2)32(26-12-8-13-27(34)23-26)16-18-33(19-17-32)30-22-25-11-6-7-14-28(25)29(30)15-20-36(33)31(37)21-24-9-4-3-5-10-24/h3-14,23H,15-22H2,1-2H3. The Hall–Kier alpha value is -3.24. The zero-order valence-corrected chi connectivity index (χ0v) is 21.8. The van der Waals surface area contributed by atoms with Crippen LogP contribution in [0.5, 0.6) is 0 Å². The third-order valence-corrected chi connectivity index (χ3v) is 9.36. The minimum atomic E-state index is -0.286. The number of benzene rings is 3. The number of halogens is 1. The van der Waals surface area contributed by atoms with Crippen molar-refractivity contribution in [1.82, 2.24) is 9.80 Å². The molecule has 1 spiro atoms. The smallest absolute Gasteiger partial charge is 0.227 e. The first-order valence-corrected chi connectivity index (χ1v) is 13.5. The third kappa shape index (κ3) is 3.93. The van der Waals surface area contributed by atoms with E-state index in [-0.39, 0.29) is 22.8 Å². The maximum atomic E-state index is 14.3. The van der Waals surface area contributed by atoms with Gasteiger partial charge in [0.2, 0.25) is 5.91 Å².